The van der Waals surface area contributed by atoms with Crippen LogP contribution < -0.4 is 5.32 Å². The first-order valence-electron chi connectivity index (χ1n) is 5.25. The van der Waals surface area contributed by atoms with Gasteiger partial charge in [-0.15, -0.1) is 0 Å². The quantitative estimate of drug-likeness (QED) is 0.601. The van der Waals surface area contributed by atoms with Crippen molar-refractivity contribution in [2.24, 2.45) is 5.92 Å². The highest BCUT2D eigenvalue weighted by Gasteiger charge is 2.22. The Labute approximate surface area is 80.2 Å². The largest absolute Gasteiger partial charge is 0.395 e. The van der Waals surface area contributed by atoms with E-state index in [1.54, 1.807) is 0 Å². The molecule has 3 heteroatoms. The van der Waals surface area contributed by atoms with Gasteiger partial charge >= 0.3 is 0 Å². The lowest BCUT2D eigenvalue weighted by Gasteiger charge is -2.32. The third-order valence-electron chi connectivity index (χ3n) is 3.00. The molecule has 1 fully saturated rings. The van der Waals surface area contributed by atoms with Gasteiger partial charge in [0.1, 0.15) is 0 Å². The van der Waals surface area contributed by atoms with Gasteiger partial charge in [0.15, 0.2) is 0 Å². The van der Waals surface area contributed by atoms with Crippen molar-refractivity contribution in [2.75, 3.05) is 13.2 Å². The van der Waals surface area contributed by atoms with Crippen LogP contribution in [0, 0.1) is 5.92 Å². The molecular formula is C10H21NO2. The van der Waals surface area contributed by atoms with Gasteiger partial charge in [-0.3, -0.25) is 0 Å². The normalized spacial score (nSPS) is 29.5. The zero-order valence-electron chi connectivity index (χ0n) is 8.37. The first-order valence-corrected chi connectivity index (χ1v) is 5.25. The zero-order valence-corrected chi connectivity index (χ0v) is 8.37. The Morgan fingerprint density at radius 2 is 1.85 bits per heavy atom. The van der Waals surface area contributed by atoms with Crippen LogP contribution in [0.1, 0.15) is 32.6 Å². The predicted octanol–water partition coefficient (Wildman–Crippen LogP) is 0.508. The van der Waals surface area contributed by atoms with E-state index in [4.69, 9.17) is 10.2 Å². The zero-order chi connectivity index (χ0) is 9.68. The fourth-order valence-electron chi connectivity index (χ4n) is 2.03. The summed E-state index contributed by atoms with van der Waals surface area (Å²) in [4.78, 5) is 0. The van der Waals surface area contributed by atoms with Crippen molar-refractivity contribution in [3.05, 3.63) is 0 Å². The van der Waals surface area contributed by atoms with E-state index in [1.807, 2.05) is 0 Å². The molecule has 0 aromatic carbocycles. The maximum Gasteiger partial charge on any atom is 0.0607 e. The molecule has 13 heavy (non-hydrogen) atoms. The second-order valence-corrected chi connectivity index (χ2v) is 4.10. The van der Waals surface area contributed by atoms with Gasteiger partial charge in [-0.2, -0.15) is 0 Å². The molecule has 0 spiro atoms. The molecule has 1 rings (SSSR count). The fourth-order valence-corrected chi connectivity index (χ4v) is 2.03. The van der Waals surface area contributed by atoms with E-state index in [1.165, 1.54) is 25.7 Å². The van der Waals surface area contributed by atoms with Crippen LogP contribution in [0.5, 0.6) is 0 Å². The summed E-state index contributed by atoms with van der Waals surface area (Å²) in [6.07, 6.45) is 5.03. The van der Waals surface area contributed by atoms with Crippen LogP contribution >= 0.6 is 0 Å². The first kappa shape index (κ1) is 11.0. The molecule has 1 aliphatic carbocycles. The third-order valence-corrected chi connectivity index (χ3v) is 3.00. The van der Waals surface area contributed by atoms with Crippen molar-refractivity contribution >= 4 is 0 Å². The van der Waals surface area contributed by atoms with Gasteiger partial charge in [0.25, 0.3) is 0 Å². The minimum absolute atomic E-state index is 0.0275. The Morgan fingerprint density at radius 3 is 2.38 bits per heavy atom. The van der Waals surface area contributed by atoms with Crippen molar-refractivity contribution in [1.29, 1.82) is 0 Å². The SMILES string of the molecule is C[C@@H]1CCCC[C@H]1NC(CO)CO. The molecule has 78 valence electrons. The Morgan fingerprint density at radius 1 is 1.23 bits per heavy atom. The smallest absolute Gasteiger partial charge is 0.0607 e. The average molecular weight is 187 g/mol. The van der Waals surface area contributed by atoms with Crippen LogP contribution in [0.25, 0.3) is 0 Å². The summed E-state index contributed by atoms with van der Waals surface area (Å²) < 4.78 is 0. The molecular weight excluding hydrogens is 166 g/mol. The molecule has 3 N–H and O–H groups in total. The minimum Gasteiger partial charge on any atom is -0.395 e. The van der Waals surface area contributed by atoms with Gasteiger partial charge in [-0.05, 0) is 18.8 Å². The van der Waals surface area contributed by atoms with Crippen molar-refractivity contribution in [3.63, 3.8) is 0 Å². The van der Waals surface area contributed by atoms with E-state index in [-0.39, 0.29) is 19.3 Å². The van der Waals surface area contributed by atoms with Crippen LogP contribution in [-0.2, 0) is 0 Å². The number of aliphatic hydroxyl groups is 2. The lowest BCUT2D eigenvalue weighted by Crippen LogP contribution is -2.46. The number of aliphatic hydroxyl groups excluding tert-OH is 2. The standard InChI is InChI=1S/C10H21NO2/c1-8-4-2-3-5-10(8)11-9(6-12)7-13/h8-13H,2-7H2,1H3/t8-,10-/m1/s1. The minimum atomic E-state index is -0.134. The first-order chi connectivity index (χ1) is 6.27. The Balaban J connectivity index is 2.32. The molecule has 0 heterocycles. The maximum atomic E-state index is 8.92. The van der Waals surface area contributed by atoms with Crippen LogP contribution in [-0.4, -0.2) is 35.5 Å². The summed E-state index contributed by atoms with van der Waals surface area (Å²) in [6.45, 7) is 2.29. The summed E-state index contributed by atoms with van der Waals surface area (Å²) in [7, 11) is 0. The number of hydrogen-bond acceptors (Lipinski definition) is 3. The highest BCUT2D eigenvalue weighted by molar-refractivity contribution is 4.81. The topological polar surface area (TPSA) is 52.5 Å². The molecule has 1 saturated carbocycles. The average Bonchev–Trinajstić information content (AvgIpc) is 2.17. The highest BCUT2D eigenvalue weighted by Crippen LogP contribution is 2.23. The molecule has 0 amide bonds. The molecule has 3 nitrogen and oxygen atoms in total. The maximum absolute atomic E-state index is 8.92. The monoisotopic (exact) mass is 187 g/mol. The van der Waals surface area contributed by atoms with E-state index in [2.05, 4.69) is 12.2 Å². The molecule has 2 atom stereocenters. The molecule has 0 aromatic rings. The lowest BCUT2D eigenvalue weighted by molar-refractivity contribution is 0.142. The number of hydrogen-bond donors (Lipinski definition) is 3. The van der Waals surface area contributed by atoms with Gasteiger partial charge in [0.05, 0.1) is 19.3 Å². The van der Waals surface area contributed by atoms with Crippen LogP contribution in [0.2, 0.25) is 0 Å². The van der Waals surface area contributed by atoms with Gasteiger partial charge < -0.3 is 15.5 Å². The summed E-state index contributed by atoms with van der Waals surface area (Å²) in [5.41, 5.74) is 0. The van der Waals surface area contributed by atoms with Crippen LogP contribution in [0.15, 0.2) is 0 Å². The Kier molecular flexibility index (Phi) is 4.70. The summed E-state index contributed by atoms with van der Waals surface area (Å²) in [6, 6.07) is 0.351. The second kappa shape index (κ2) is 5.58. The van der Waals surface area contributed by atoms with E-state index in [0.29, 0.717) is 12.0 Å². The molecule has 0 aliphatic heterocycles. The highest BCUT2D eigenvalue weighted by atomic mass is 16.3. The molecule has 0 unspecified atom stereocenters. The van der Waals surface area contributed by atoms with Crippen LogP contribution in [0.3, 0.4) is 0 Å². The molecule has 1 aliphatic rings. The molecule has 0 aromatic heterocycles. The van der Waals surface area contributed by atoms with Gasteiger partial charge in [0, 0.05) is 6.04 Å². The molecule has 0 saturated heterocycles. The molecule has 0 bridgehead atoms. The van der Waals surface area contributed by atoms with Crippen molar-refractivity contribution < 1.29 is 10.2 Å². The van der Waals surface area contributed by atoms with Gasteiger partial charge in [-0.25, -0.2) is 0 Å². The van der Waals surface area contributed by atoms with Crippen LogP contribution in [0.4, 0.5) is 0 Å². The van der Waals surface area contributed by atoms with Crippen molar-refractivity contribution in [1.82, 2.24) is 5.32 Å². The van der Waals surface area contributed by atoms with Gasteiger partial charge in [0.2, 0.25) is 0 Å². The summed E-state index contributed by atoms with van der Waals surface area (Å²) in [5, 5.41) is 21.1. The Hall–Kier alpha value is -0.120. The van der Waals surface area contributed by atoms with Gasteiger partial charge in [-0.1, -0.05) is 19.8 Å². The van der Waals surface area contributed by atoms with E-state index in [9.17, 15) is 0 Å². The number of rotatable bonds is 4. The lowest BCUT2D eigenvalue weighted by atomic mass is 9.85. The van der Waals surface area contributed by atoms with Crippen molar-refractivity contribution in [3.8, 4) is 0 Å². The predicted molar refractivity (Wildman–Crippen MR) is 52.5 cm³/mol. The van der Waals surface area contributed by atoms with E-state index >= 15 is 0 Å². The number of nitrogens with one attached hydrogen (secondary N) is 1. The summed E-state index contributed by atoms with van der Waals surface area (Å²) in [5.74, 6) is 0.675. The second-order valence-electron chi connectivity index (χ2n) is 4.10. The fraction of sp³-hybridized carbons (Fsp3) is 1.00. The van der Waals surface area contributed by atoms with E-state index in [0.717, 1.165) is 0 Å². The van der Waals surface area contributed by atoms with Crippen molar-refractivity contribution in [2.45, 2.75) is 44.7 Å². The third kappa shape index (κ3) is 3.25. The Bertz CT molecular complexity index is 137. The van der Waals surface area contributed by atoms with E-state index < -0.39 is 0 Å². The molecule has 0 radical (unpaired) electrons. The summed E-state index contributed by atoms with van der Waals surface area (Å²) >= 11 is 0.